The molecule has 0 saturated carbocycles. The first-order chi connectivity index (χ1) is 25.1. The fraction of sp³-hybridized carbons (Fsp3) is 0.184. The standard InChI is InChI=1S/C21H21F3N3O.C16H11N3O2.CNS.Ru/c1-2-3-4-5-6-16-9-10-17(28-16)8-7-15-11-12-25-18(13-15)19-14-20(27-26-19)21(22,23)24;20-16(21)11-7-9-18-15(10-11)14-6-3-5-13(19-14)12-4-1-2-8-17-12;2-1-3;/h7-14H,2-6H2,1H3;1-10H,(H,20,21);;/q-1;;-1;+2/b8-7+;;;. The third-order valence-corrected chi connectivity index (χ3v) is 7.22. The number of carbonyl (C=O) groups is 1. The van der Waals surface area contributed by atoms with Crippen LogP contribution in [-0.2, 0) is 32.1 Å². The van der Waals surface area contributed by atoms with Crippen LogP contribution in [0.1, 0.15) is 65.7 Å². The Balaban J connectivity index is 0.000000269. The summed E-state index contributed by atoms with van der Waals surface area (Å²) in [5, 5.41) is 24.3. The number of pyridine rings is 4. The summed E-state index contributed by atoms with van der Waals surface area (Å²) in [6.07, 6.45) is 9.49. The molecule has 0 radical (unpaired) electrons. The van der Waals surface area contributed by atoms with Crippen LogP contribution in [0.5, 0.6) is 0 Å². The quantitative estimate of drug-likeness (QED) is 0.0579. The third-order valence-electron chi connectivity index (χ3n) is 7.22. The van der Waals surface area contributed by atoms with Crippen molar-refractivity contribution >= 4 is 35.5 Å². The molecule has 10 nitrogen and oxygen atoms in total. The maximum absolute atomic E-state index is 12.7. The van der Waals surface area contributed by atoms with Crippen LogP contribution in [0.25, 0.3) is 51.7 Å². The zero-order valence-corrected chi connectivity index (χ0v) is 30.8. The van der Waals surface area contributed by atoms with Crippen molar-refractivity contribution in [2.45, 2.75) is 45.2 Å². The molecule has 6 rings (SSSR count). The second-order valence-electron chi connectivity index (χ2n) is 11.0. The summed E-state index contributed by atoms with van der Waals surface area (Å²) in [6.45, 7) is 2.18. The van der Waals surface area contributed by atoms with Crippen LogP contribution in [0.3, 0.4) is 0 Å². The maximum atomic E-state index is 12.7. The largest absolute Gasteiger partial charge is 2.00 e. The number of unbranched alkanes of at least 4 members (excludes halogenated alkanes) is 3. The molecule has 0 atom stereocenters. The fourth-order valence-corrected chi connectivity index (χ4v) is 4.71. The van der Waals surface area contributed by atoms with E-state index in [1.165, 1.54) is 49.0 Å². The number of furan rings is 1. The van der Waals surface area contributed by atoms with E-state index < -0.39 is 17.8 Å². The van der Waals surface area contributed by atoms with Crippen molar-refractivity contribution in [2.24, 2.45) is 0 Å². The van der Waals surface area contributed by atoms with Gasteiger partial charge in [-0.05, 0) is 84.8 Å². The third kappa shape index (κ3) is 13.2. The summed E-state index contributed by atoms with van der Waals surface area (Å²) in [6, 6.07) is 22.3. The van der Waals surface area contributed by atoms with Crippen molar-refractivity contribution in [3.05, 3.63) is 131 Å². The minimum Gasteiger partial charge on any atom is -0.753 e. The van der Waals surface area contributed by atoms with E-state index in [-0.39, 0.29) is 30.7 Å². The van der Waals surface area contributed by atoms with Crippen LogP contribution < -0.4 is 5.10 Å². The number of aromatic nitrogens is 6. The number of nitrogens with zero attached hydrogens (tertiary/aromatic N) is 7. The Kier molecular flexibility index (Phi) is 16.7. The van der Waals surface area contributed by atoms with Gasteiger partial charge in [-0.2, -0.15) is 18.3 Å². The van der Waals surface area contributed by atoms with Gasteiger partial charge in [0.25, 0.3) is 0 Å². The average Bonchev–Trinajstić information content (AvgIpc) is 3.85. The molecule has 0 aromatic carbocycles. The Morgan fingerprint density at radius 1 is 0.868 bits per heavy atom. The molecule has 0 aliphatic carbocycles. The fourth-order valence-electron chi connectivity index (χ4n) is 4.71. The first kappa shape index (κ1) is 41.9. The Bertz CT molecular complexity index is 2120. The van der Waals surface area contributed by atoms with Crippen LogP contribution in [0.4, 0.5) is 13.2 Å². The second kappa shape index (κ2) is 21.1. The van der Waals surface area contributed by atoms with Crippen LogP contribution in [0.2, 0.25) is 0 Å². The Hall–Kier alpha value is -5.49. The summed E-state index contributed by atoms with van der Waals surface area (Å²) in [4.78, 5) is 28.0. The molecule has 0 aliphatic rings. The number of alkyl halides is 3. The number of aryl methyl sites for hydroxylation is 1. The molecule has 6 aromatic rings. The van der Waals surface area contributed by atoms with Gasteiger partial charge < -0.3 is 25.1 Å². The molecule has 0 unspecified atom stereocenters. The van der Waals surface area contributed by atoms with E-state index in [0.717, 1.165) is 47.4 Å². The zero-order valence-electron chi connectivity index (χ0n) is 28.2. The molecule has 0 fully saturated rings. The topological polar surface area (TPSA) is 151 Å². The average molecular weight is 825 g/mol. The van der Waals surface area contributed by atoms with Gasteiger partial charge in [-0.1, -0.05) is 62.3 Å². The van der Waals surface area contributed by atoms with E-state index in [9.17, 15) is 18.0 Å². The van der Waals surface area contributed by atoms with E-state index in [0.29, 0.717) is 17.1 Å². The van der Waals surface area contributed by atoms with Gasteiger partial charge in [-0.15, -0.1) is 0 Å². The molecule has 0 amide bonds. The van der Waals surface area contributed by atoms with Crippen molar-refractivity contribution < 1.29 is 47.0 Å². The zero-order chi connectivity index (χ0) is 37.3. The predicted octanol–water partition coefficient (Wildman–Crippen LogP) is 9.57. The van der Waals surface area contributed by atoms with Crippen LogP contribution in [0.15, 0.2) is 102 Å². The number of aromatic carboxylic acids is 1. The molecule has 0 spiro atoms. The summed E-state index contributed by atoms with van der Waals surface area (Å²) in [5.74, 6) is 0.703. The van der Waals surface area contributed by atoms with Gasteiger partial charge in [0.2, 0.25) is 0 Å². The molecule has 0 bridgehead atoms. The number of hydrogen-bond acceptors (Lipinski definition) is 8. The van der Waals surface area contributed by atoms with E-state index in [2.05, 4.69) is 49.3 Å². The van der Waals surface area contributed by atoms with Gasteiger partial charge in [0.1, 0.15) is 17.2 Å². The number of isothiocyanates is 1. The number of thiocarbonyl (C=S) groups is 1. The van der Waals surface area contributed by atoms with Crippen molar-refractivity contribution in [3.63, 3.8) is 0 Å². The SMILES string of the molecule is CCCCCCc1ccc(/C=C/c2ccnc(-c3cc(C(F)(F)F)n[n-]3)c2)o1.O=C(O)c1ccnc(-c2cccc(-c3ccccn3)n2)c1.[N-]=C=S.[Ru+2]. The first-order valence-corrected chi connectivity index (χ1v) is 16.4. The van der Waals surface area contributed by atoms with Crippen molar-refractivity contribution in [2.75, 3.05) is 0 Å². The van der Waals surface area contributed by atoms with Crippen LogP contribution in [-0.4, -0.2) is 41.3 Å². The van der Waals surface area contributed by atoms with E-state index in [1.807, 2.05) is 54.6 Å². The van der Waals surface area contributed by atoms with Gasteiger partial charge in [0, 0.05) is 30.7 Å². The molecular formula is C38H32F3N7O3RuS. The van der Waals surface area contributed by atoms with Gasteiger partial charge >= 0.3 is 31.6 Å². The molecule has 6 heterocycles. The number of halogens is 3. The molecule has 1 N–H and O–H groups in total. The maximum Gasteiger partial charge on any atom is 2.00 e. The Morgan fingerprint density at radius 2 is 1.57 bits per heavy atom. The Labute approximate surface area is 322 Å². The Morgan fingerprint density at radius 3 is 2.25 bits per heavy atom. The molecule has 0 aliphatic heterocycles. The van der Waals surface area contributed by atoms with E-state index in [4.69, 9.17) is 14.9 Å². The molecule has 15 heteroatoms. The predicted molar refractivity (Wildman–Crippen MR) is 195 cm³/mol. The smallest absolute Gasteiger partial charge is 0.753 e. The van der Waals surface area contributed by atoms with Crippen molar-refractivity contribution in [3.8, 4) is 34.2 Å². The molecule has 272 valence electrons. The van der Waals surface area contributed by atoms with Gasteiger partial charge in [0.15, 0.2) is 0 Å². The monoisotopic (exact) mass is 825 g/mol. The summed E-state index contributed by atoms with van der Waals surface area (Å²) >= 11 is 3.70. The van der Waals surface area contributed by atoms with Crippen molar-refractivity contribution in [1.82, 2.24) is 30.1 Å². The van der Waals surface area contributed by atoms with E-state index >= 15 is 0 Å². The number of rotatable bonds is 11. The molecular weight excluding hydrogens is 793 g/mol. The normalized spacial score (nSPS) is 10.6. The number of carboxylic acid groups (broad SMARTS) is 1. The van der Waals surface area contributed by atoms with Crippen molar-refractivity contribution in [1.29, 1.82) is 0 Å². The van der Waals surface area contributed by atoms with Crippen LogP contribution in [0, 0.1) is 0 Å². The van der Waals surface area contributed by atoms with Gasteiger partial charge in [-0.25, -0.2) is 9.78 Å². The molecule has 0 saturated heterocycles. The minimum atomic E-state index is -4.52. The summed E-state index contributed by atoms with van der Waals surface area (Å²) < 4.78 is 43.8. The van der Waals surface area contributed by atoms with Crippen LogP contribution >= 0.6 is 12.2 Å². The summed E-state index contributed by atoms with van der Waals surface area (Å²) in [5.41, 5.74) is 2.98. The first-order valence-electron chi connectivity index (χ1n) is 16.0. The molecule has 53 heavy (non-hydrogen) atoms. The number of hydrogen-bond donors (Lipinski definition) is 1. The van der Waals surface area contributed by atoms with Gasteiger partial charge in [-0.3, -0.25) is 15.0 Å². The van der Waals surface area contributed by atoms with Gasteiger partial charge in [0.05, 0.1) is 28.3 Å². The minimum absolute atomic E-state index is 0. The molecule has 6 aromatic heterocycles. The second-order valence-corrected chi connectivity index (χ2v) is 11.2. The van der Waals surface area contributed by atoms with E-state index in [1.54, 1.807) is 24.4 Å². The number of carboxylic acids is 1. The summed E-state index contributed by atoms with van der Waals surface area (Å²) in [7, 11) is 0.